The zero-order valence-electron chi connectivity index (χ0n) is 13.4. The molecule has 4 aliphatic rings. The summed E-state index contributed by atoms with van der Waals surface area (Å²) in [5, 5.41) is 4.62. The van der Waals surface area contributed by atoms with Crippen molar-refractivity contribution >= 4 is 29.3 Å². The number of carbonyl (C=O) groups excluding carboxylic acids is 1. The lowest BCUT2D eigenvalue weighted by Crippen LogP contribution is -2.60. The SMILES string of the molecule is CC(Sc1ncccc1Cl)C(=O)NC12CC3CC(CC(C3)C1)C2. The van der Waals surface area contributed by atoms with Gasteiger partial charge in [0.15, 0.2) is 0 Å². The number of hydrogen-bond donors (Lipinski definition) is 1. The summed E-state index contributed by atoms with van der Waals surface area (Å²) >= 11 is 7.61. The first kappa shape index (κ1) is 15.8. The Bertz CT molecular complexity index is 586. The van der Waals surface area contributed by atoms with Gasteiger partial charge in [0.1, 0.15) is 5.03 Å². The number of halogens is 1. The van der Waals surface area contributed by atoms with Gasteiger partial charge in [-0.3, -0.25) is 4.79 Å². The highest BCUT2D eigenvalue weighted by atomic mass is 35.5. The van der Waals surface area contributed by atoms with Gasteiger partial charge in [-0.1, -0.05) is 23.4 Å². The fraction of sp³-hybridized carbons (Fsp3) is 0.667. The number of thioether (sulfide) groups is 1. The summed E-state index contributed by atoms with van der Waals surface area (Å²) in [5.74, 6) is 2.66. The fourth-order valence-electron chi connectivity index (χ4n) is 5.31. The van der Waals surface area contributed by atoms with Crippen LogP contribution in [0.5, 0.6) is 0 Å². The largest absolute Gasteiger partial charge is 0.350 e. The highest BCUT2D eigenvalue weighted by molar-refractivity contribution is 8.00. The minimum Gasteiger partial charge on any atom is -0.350 e. The van der Waals surface area contributed by atoms with Crippen molar-refractivity contribution in [3.05, 3.63) is 23.4 Å². The molecule has 4 aliphatic carbocycles. The second kappa shape index (κ2) is 5.96. The van der Waals surface area contributed by atoms with Gasteiger partial charge >= 0.3 is 0 Å². The summed E-state index contributed by atoms with van der Waals surface area (Å²) in [6, 6.07) is 3.63. The molecule has 124 valence electrons. The fourth-order valence-corrected chi connectivity index (χ4v) is 6.36. The highest BCUT2D eigenvalue weighted by Gasteiger charge is 2.51. The summed E-state index contributed by atoms with van der Waals surface area (Å²) in [4.78, 5) is 17.0. The number of amides is 1. The van der Waals surface area contributed by atoms with Crippen molar-refractivity contribution in [2.45, 2.75) is 61.3 Å². The maximum atomic E-state index is 12.7. The van der Waals surface area contributed by atoms with Crippen LogP contribution in [0.4, 0.5) is 0 Å². The lowest BCUT2D eigenvalue weighted by Gasteiger charge is -2.57. The zero-order chi connectivity index (χ0) is 16.0. The Balaban J connectivity index is 1.42. The first-order chi connectivity index (χ1) is 11.0. The average Bonchev–Trinajstić information content (AvgIpc) is 2.47. The van der Waals surface area contributed by atoms with E-state index in [1.165, 1.54) is 50.3 Å². The van der Waals surface area contributed by atoms with Crippen molar-refractivity contribution in [3.63, 3.8) is 0 Å². The molecule has 0 radical (unpaired) electrons. The van der Waals surface area contributed by atoms with E-state index in [0.29, 0.717) is 5.02 Å². The Kier molecular flexibility index (Phi) is 4.09. The summed E-state index contributed by atoms with van der Waals surface area (Å²) in [6.45, 7) is 1.95. The van der Waals surface area contributed by atoms with E-state index >= 15 is 0 Å². The molecule has 1 unspecified atom stereocenters. The third-order valence-corrected chi connectivity index (χ3v) is 7.34. The molecule has 0 spiro atoms. The van der Waals surface area contributed by atoms with Gasteiger partial charge < -0.3 is 5.32 Å². The summed E-state index contributed by atoms with van der Waals surface area (Å²) in [6.07, 6.45) is 9.46. The molecule has 0 aromatic carbocycles. The maximum absolute atomic E-state index is 12.7. The Morgan fingerprint density at radius 3 is 2.48 bits per heavy atom. The van der Waals surface area contributed by atoms with Crippen LogP contribution in [-0.4, -0.2) is 21.7 Å². The predicted molar refractivity (Wildman–Crippen MR) is 93.6 cm³/mol. The van der Waals surface area contributed by atoms with Gasteiger partial charge in [0.05, 0.1) is 10.3 Å². The summed E-state index contributed by atoms with van der Waals surface area (Å²) in [7, 11) is 0. The van der Waals surface area contributed by atoms with E-state index in [1.54, 1.807) is 6.20 Å². The molecule has 1 N–H and O–H groups in total. The average molecular weight is 351 g/mol. The Hall–Kier alpha value is -0.740. The van der Waals surface area contributed by atoms with E-state index in [9.17, 15) is 4.79 Å². The minimum atomic E-state index is -0.171. The quantitative estimate of drug-likeness (QED) is 0.823. The van der Waals surface area contributed by atoms with Gasteiger partial charge in [0.25, 0.3) is 0 Å². The summed E-state index contributed by atoms with van der Waals surface area (Å²) < 4.78 is 0. The van der Waals surface area contributed by atoms with Crippen molar-refractivity contribution in [2.24, 2.45) is 17.8 Å². The van der Waals surface area contributed by atoms with Crippen LogP contribution in [0.25, 0.3) is 0 Å². The van der Waals surface area contributed by atoms with Gasteiger partial charge in [-0.2, -0.15) is 0 Å². The number of pyridine rings is 1. The van der Waals surface area contributed by atoms with Crippen LogP contribution < -0.4 is 5.32 Å². The standard InChI is InChI=1S/C18H23ClN2OS/c1-11(23-17-15(19)3-2-4-20-17)16(22)21-18-8-12-5-13(9-18)7-14(6-12)10-18/h2-4,11-14H,5-10H2,1H3,(H,21,22). The second-order valence-electron chi connectivity index (χ2n) is 7.74. The number of nitrogens with one attached hydrogen (secondary N) is 1. The smallest absolute Gasteiger partial charge is 0.233 e. The lowest BCUT2D eigenvalue weighted by molar-refractivity contribution is -0.126. The number of rotatable bonds is 4. The van der Waals surface area contributed by atoms with Crippen molar-refractivity contribution in [2.75, 3.05) is 0 Å². The van der Waals surface area contributed by atoms with Crippen LogP contribution in [0.2, 0.25) is 5.02 Å². The van der Waals surface area contributed by atoms with Gasteiger partial charge in [0.2, 0.25) is 5.91 Å². The Morgan fingerprint density at radius 1 is 1.30 bits per heavy atom. The van der Waals surface area contributed by atoms with Crippen LogP contribution in [0, 0.1) is 17.8 Å². The van der Waals surface area contributed by atoms with E-state index in [2.05, 4.69) is 10.3 Å². The van der Waals surface area contributed by atoms with Crippen LogP contribution in [0.1, 0.15) is 45.4 Å². The molecule has 1 heterocycles. The van der Waals surface area contributed by atoms with E-state index in [-0.39, 0.29) is 16.7 Å². The molecule has 5 heteroatoms. The van der Waals surface area contributed by atoms with Crippen molar-refractivity contribution in [1.82, 2.24) is 10.3 Å². The molecular weight excluding hydrogens is 328 g/mol. The predicted octanol–water partition coefficient (Wildman–Crippen LogP) is 4.30. The number of aromatic nitrogens is 1. The Morgan fingerprint density at radius 2 is 1.91 bits per heavy atom. The highest BCUT2D eigenvalue weighted by Crippen LogP contribution is 2.55. The van der Waals surface area contributed by atoms with Crippen LogP contribution in [-0.2, 0) is 4.79 Å². The third-order valence-electron chi connectivity index (χ3n) is 5.81. The van der Waals surface area contributed by atoms with E-state index < -0.39 is 0 Å². The lowest BCUT2D eigenvalue weighted by atomic mass is 9.53. The molecule has 5 rings (SSSR count). The topological polar surface area (TPSA) is 42.0 Å². The molecule has 4 fully saturated rings. The van der Waals surface area contributed by atoms with E-state index in [1.807, 2.05) is 19.1 Å². The molecule has 1 amide bonds. The monoisotopic (exact) mass is 350 g/mol. The zero-order valence-corrected chi connectivity index (χ0v) is 15.0. The molecule has 1 aromatic rings. The van der Waals surface area contributed by atoms with Gasteiger partial charge in [-0.05, 0) is 75.3 Å². The first-order valence-corrected chi connectivity index (χ1v) is 9.88. The van der Waals surface area contributed by atoms with E-state index in [4.69, 9.17) is 11.6 Å². The van der Waals surface area contributed by atoms with Gasteiger partial charge in [-0.15, -0.1) is 0 Å². The van der Waals surface area contributed by atoms with Gasteiger partial charge in [0, 0.05) is 11.7 Å². The normalized spacial score (nSPS) is 36.0. The molecule has 0 saturated heterocycles. The van der Waals surface area contributed by atoms with Crippen molar-refractivity contribution in [3.8, 4) is 0 Å². The molecule has 4 bridgehead atoms. The molecule has 23 heavy (non-hydrogen) atoms. The minimum absolute atomic E-state index is 0.0779. The van der Waals surface area contributed by atoms with Crippen LogP contribution in [0.3, 0.4) is 0 Å². The number of nitrogens with zero attached hydrogens (tertiary/aromatic N) is 1. The molecular formula is C18H23ClN2OS. The second-order valence-corrected chi connectivity index (χ2v) is 9.47. The third kappa shape index (κ3) is 3.12. The number of hydrogen-bond acceptors (Lipinski definition) is 3. The molecule has 3 nitrogen and oxygen atoms in total. The molecule has 1 atom stereocenters. The van der Waals surface area contributed by atoms with Crippen molar-refractivity contribution in [1.29, 1.82) is 0 Å². The molecule has 1 aromatic heterocycles. The molecule has 4 saturated carbocycles. The first-order valence-electron chi connectivity index (χ1n) is 8.62. The van der Waals surface area contributed by atoms with E-state index in [0.717, 1.165) is 22.8 Å². The van der Waals surface area contributed by atoms with Gasteiger partial charge in [-0.25, -0.2) is 4.98 Å². The van der Waals surface area contributed by atoms with Crippen LogP contribution >= 0.6 is 23.4 Å². The summed E-state index contributed by atoms with van der Waals surface area (Å²) in [5.41, 5.74) is 0.0779. The number of carbonyl (C=O) groups is 1. The Labute approximate surface area is 147 Å². The van der Waals surface area contributed by atoms with Crippen LogP contribution in [0.15, 0.2) is 23.4 Å². The molecule has 0 aliphatic heterocycles. The van der Waals surface area contributed by atoms with Crippen molar-refractivity contribution < 1.29 is 4.79 Å². The maximum Gasteiger partial charge on any atom is 0.233 e.